The molecular weight excluding hydrogens is 589 g/mol. The van der Waals surface area contributed by atoms with Crippen LogP contribution in [-0.4, -0.2) is 71.4 Å². The van der Waals surface area contributed by atoms with Crippen molar-refractivity contribution < 1.29 is 28.5 Å². The van der Waals surface area contributed by atoms with Gasteiger partial charge in [-0.3, -0.25) is 0 Å². The quantitative estimate of drug-likeness (QED) is 0.0787. The van der Waals surface area contributed by atoms with E-state index in [0.29, 0.717) is 0 Å². The highest BCUT2D eigenvalue weighted by Gasteiger charge is 2.65. The zero-order chi connectivity index (χ0) is 32.8. The fourth-order valence-electron chi connectivity index (χ4n) is 6.96. The van der Waals surface area contributed by atoms with Crippen molar-refractivity contribution in [2.45, 2.75) is 108 Å². The Bertz CT molecular complexity index is 1090. The van der Waals surface area contributed by atoms with Crippen molar-refractivity contribution in [3.63, 3.8) is 0 Å². The van der Waals surface area contributed by atoms with E-state index in [9.17, 15) is 5.11 Å². The summed E-state index contributed by atoms with van der Waals surface area (Å²) in [7, 11) is 1.26. The number of aliphatic hydroxyl groups is 1. The molecule has 3 rings (SSSR count). The maximum Gasteiger partial charge on any atom is 0.192 e. The first-order valence-corrected chi connectivity index (χ1v) is 20.0. The molecule has 0 aliphatic heterocycles. The second-order valence-corrected chi connectivity index (χ2v) is 21.0. The van der Waals surface area contributed by atoms with Crippen LogP contribution in [0.3, 0.4) is 0 Å². The Balaban J connectivity index is 2.07. The average Bonchev–Trinajstić information content (AvgIpc) is 3.14. The van der Waals surface area contributed by atoms with Gasteiger partial charge in [-0.15, -0.1) is 18.3 Å². The Morgan fingerprint density at radius 3 is 2.32 bits per heavy atom. The molecule has 0 spiro atoms. The van der Waals surface area contributed by atoms with Crippen LogP contribution in [0.15, 0.2) is 59.5 Å². The molecule has 2 aliphatic rings. The van der Waals surface area contributed by atoms with Gasteiger partial charge in [0, 0.05) is 41.6 Å². The van der Waals surface area contributed by atoms with Gasteiger partial charge < -0.3 is 28.5 Å². The van der Waals surface area contributed by atoms with Gasteiger partial charge in [-0.25, -0.2) is 0 Å². The zero-order valence-corrected chi connectivity index (χ0v) is 30.9. The van der Waals surface area contributed by atoms with Crippen molar-refractivity contribution in [3.8, 4) is 0 Å². The smallest absolute Gasteiger partial charge is 0.192 e. The lowest BCUT2D eigenvalue weighted by Crippen LogP contribution is -2.49. The molecule has 1 aromatic carbocycles. The molecule has 2 aliphatic carbocycles. The Kier molecular flexibility index (Phi) is 13.0. The third-order valence-corrected chi connectivity index (χ3v) is 16.3. The van der Waals surface area contributed by atoms with Gasteiger partial charge in [0.25, 0.3) is 0 Å². The fourth-order valence-corrected chi connectivity index (χ4v) is 9.44. The summed E-state index contributed by atoms with van der Waals surface area (Å²) >= 11 is 1.87. The van der Waals surface area contributed by atoms with E-state index in [2.05, 4.69) is 104 Å². The number of methoxy groups -OCH3 is 2. The number of hydrogen-bond acceptors (Lipinski definition) is 7. The Morgan fingerprint density at radius 1 is 1.09 bits per heavy atom. The van der Waals surface area contributed by atoms with E-state index in [4.69, 9.17) is 23.4 Å². The first-order valence-electron chi connectivity index (χ1n) is 16.1. The van der Waals surface area contributed by atoms with Crippen molar-refractivity contribution >= 4 is 20.1 Å². The Morgan fingerprint density at radius 2 is 1.75 bits per heavy atom. The third-order valence-electron chi connectivity index (χ3n) is 10.7. The van der Waals surface area contributed by atoms with Crippen molar-refractivity contribution in [1.29, 1.82) is 0 Å². The Labute approximate surface area is 273 Å². The third kappa shape index (κ3) is 8.29. The topological polar surface area (TPSA) is 66.4 Å². The number of ether oxygens (including phenoxy) is 4. The lowest BCUT2D eigenvalue weighted by molar-refractivity contribution is -0.168. The molecule has 0 heterocycles. The van der Waals surface area contributed by atoms with Crippen LogP contribution in [0.25, 0.3) is 0 Å². The van der Waals surface area contributed by atoms with Crippen LogP contribution in [0.2, 0.25) is 18.1 Å². The maximum atomic E-state index is 10.5. The van der Waals surface area contributed by atoms with Crippen LogP contribution in [0.4, 0.5) is 0 Å². The van der Waals surface area contributed by atoms with Crippen molar-refractivity contribution in [1.82, 2.24) is 0 Å². The number of benzene rings is 1. The molecule has 0 radical (unpaired) electrons. The van der Waals surface area contributed by atoms with E-state index < -0.39 is 13.9 Å². The summed E-state index contributed by atoms with van der Waals surface area (Å²) in [5.74, 6) is 1.27. The molecule has 0 amide bonds. The molecule has 2 saturated carbocycles. The van der Waals surface area contributed by atoms with Gasteiger partial charge in [-0.05, 0) is 68.8 Å². The van der Waals surface area contributed by atoms with Gasteiger partial charge in [-0.2, -0.15) is 0 Å². The number of thioether (sulfide) groups is 1. The summed E-state index contributed by atoms with van der Waals surface area (Å²) in [6.45, 7) is 22.9. The Hall–Kier alpha value is -0.973. The van der Waals surface area contributed by atoms with E-state index in [1.165, 1.54) is 10.5 Å². The SMILES string of the molecule is C=C[C@]12C[C@@](C)(OCOC)[C@H](CC[C@H]1/C(=C\C[C@H](O[Si](C)(C)C(C)(C)C)C(C)(C)CO)CSc1ccccc1)[C@H]2OCOC. The molecule has 1 N–H and O–H groups in total. The minimum absolute atomic E-state index is 0.0675. The summed E-state index contributed by atoms with van der Waals surface area (Å²) in [4.78, 5) is 1.25. The molecule has 8 heteroatoms. The van der Waals surface area contributed by atoms with Crippen LogP contribution >= 0.6 is 11.8 Å². The van der Waals surface area contributed by atoms with E-state index in [0.717, 1.165) is 31.4 Å². The maximum absolute atomic E-state index is 10.5. The van der Waals surface area contributed by atoms with E-state index >= 15 is 0 Å². The average molecular weight is 649 g/mol. The number of aliphatic hydroxyl groups excluding tert-OH is 1. The highest BCUT2D eigenvalue weighted by Crippen LogP contribution is 2.63. The summed E-state index contributed by atoms with van der Waals surface area (Å²) in [5, 5.41) is 10.6. The lowest BCUT2D eigenvalue weighted by Gasteiger charge is -2.46. The number of hydrogen-bond donors (Lipinski definition) is 1. The van der Waals surface area contributed by atoms with Crippen molar-refractivity contribution in [3.05, 3.63) is 54.6 Å². The summed E-state index contributed by atoms with van der Waals surface area (Å²) in [5.41, 5.74) is 0.274. The van der Waals surface area contributed by atoms with Gasteiger partial charge in [0.05, 0.1) is 24.4 Å². The summed E-state index contributed by atoms with van der Waals surface area (Å²) in [6, 6.07) is 10.6. The minimum atomic E-state index is -2.09. The van der Waals surface area contributed by atoms with E-state index in [1.54, 1.807) is 14.2 Å². The van der Waals surface area contributed by atoms with E-state index in [1.807, 2.05) is 11.8 Å². The number of rotatable bonds is 17. The molecule has 1 aromatic rings. The largest absolute Gasteiger partial charge is 0.413 e. The highest BCUT2D eigenvalue weighted by atomic mass is 32.2. The normalized spacial score (nSPS) is 28.7. The monoisotopic (exact) mass is 648 g/mol. The standard InChI is InChI=1S/C36H60O6SSi/c1-12-36-23-35(7,41-26-39-9)30(32(36)40-25-38-8)20-19-29(36)27(22-43-28-16-14-13-15-17-28)18-21-31(34(5,6)24-37)42-44(10,11)33(2,3)4/h12-18,29-32,37H,1,19-26H2,2-11H3/b27-18-/t29-,30+,31-,32+,35+,36-/m0/s1. The minimum Gasteiger partial charge on any atom is -0.413 e. The van der Waals surface area contributed by atoms with Gasteiger partial charge in [0.15, 0.2) is 8.32 Å². The van der Waals surface area contributed by atoms with Gasteiger partial charge in [0.2, 0.25) is 0 Å². The summed E-state index contributed by atoms with van der Waals surface area (Å²) < 4.78 is 30.8. The molecule has 6 atom stereocenters. The van der Waals surface area contributed by atoms with Gasteiger partial charge in [-0.1, -0.05) is 70.5 Å². The second kappa shape index (κ2) is 15.3. The second-order valence-electron chi connectivity index (χ2n) is 15.2. The van der Waals surface area contributed by atoms with Gasteiger partial charge in [0.1, 0.15) is 13.6 Å². The van der Waals surface area contributed by atoms with E-state index in [-0.39, 0.29) is 60.1 Å². The first kappa shape index (κ1) is 37.5. The van der Waals surface area contributed by atoms with Crippen LogP contribution in [0, 0.1) is 22.7 Å². The van der Waals surface area contributed by atoms with Crippen molar-refractivity contribution in [2.75, 3.05) is 40.2 Å². The van der Waals surface area contributed by atoms with Crippen LogP contribution < -0.4 is 0 Å². The first-order chi connectivity index (χ1) is 20.6. The molecule has 0 unspecified atom stereocenters. The predicted molar refractivity (Wildman–Crippen MR) is 184 cm³/mol. The van der Waals surface area contributed by atoms with Crippen LogP contribution in [0.5, 0.6) is 0 Å². The molecule has 0 saturated heterocycles. The molecule has 44 heavy (non-hydrogen) atoms. The molecular formula is C36H60O6SSi. The van der Waals surface area contributed by atoms with Crippen LogP contribution in [0.1, 0.15) is 67.2 Å². The fraction of sp³-hybridized carbons (Fsp3) is 0.722. The summed E-state index contributed by atoms with van der Waals surface area (Å²) in [6.07, 6.45) is 7.92. The lowest BCUT2D eigenvalue weighted by atomic mass is 9.63. The molecule has 6 nitrogen and oxygen atoms in total. The van der Waals surface area contributed by atoms with Gasteiger partial charge >= 0.3 is 0 Å². The van der Waals surface area contributed by atoms with Crippen LogP contribution in [-0.2, 0) is 23.4 Å². The molecule has 250 valence electrons. The highest BCUT2D eigenvalue weighted by molar-refractivity contribution is 7.99. The zero-order valence-electron chi connectivity index (χ0n) is 29.1. The van der Waals surface area contributed by atoms with Crippen molar-refractivity contribution in [2.24, 2.45) is 22.7 Å². The molecule has 2 bridgehead atoms. The molecule has 2 fully saturated rings. The predicted octanol–water partition coefficient (Wildman–Crippen LogP) is 8.47. The molecule has 0 aromatic heterocycles. The number of fused-ring (bicyclic) bond motifs is 2.